The fraction of sp³-hybridized carbons (Fsp3) is 0.320. The van der Waals surface area contributed by atoms with Crippen LogP contribution in [0.15, 0.2) is 48.5 Å². The minimum Gasteiger partial charge on any atom is -0.675 e. The van der Waals surface area contributed by atoms with Gasteiger partial charge in [0.25, 0.3) is 0 Å². The van der Waals surface area contributed by atoms with Crippen LogP contribution in [-0.4, -0.2) is 26.2 Å². The molecule has 0 aliphatic heterocycles. The van der Waals surface area contributed by atoms with Crippen molar-refractivity contribution in [2.24, 2.45) is 0 Å². The summed E-state index contributed by atoms with van der Waals surface area (Å²) in [6.45, 7) is 1.89. The van der Waals surface area contributed by atoms with E-state index in [9.17, 15) is 13.2 Å². The molecule has 179 valence electrons. The maximum absolute atomic E-state index is 13.8. The largest absolute Gasteiger partial charge is 0.675 e. The third-order valence-electron chi connectivity index (χ3n) is 6.48. The molecule has 0 bridgehead atoms. The van der Waals surface area contributed by atoms with E-state index in [-0.39, 0.29) is 67.4 Å². The zero-order valence-electron chi connectivity index (χ0n) is 19.2. The van der Waals surface area contributed by atoms with Crippen LogP contribution in [0.4, 0.5) is 24.8 Å². The molecule has 2 heterocycles. The topological polar surface area (TPSA) is 90.3 Å². The van der Waals surface area contributed by atoms with Crippen LogP contribution in [0, 0.1) is 51.0 Å². The molecule has 3 N–H and O–H groups in total. The van der Waals surface area contributed by atoms with Gasteiger partial charge in [-0.1, -0.05) is 43.2 Å². The van der Waals surface area contributed by atoms with E-state index in [1.165, 1.54) is 12.1 Å². The first kappa shape index (κ1) is 26.1. The van der Waals surface area contributed by atoms with Gasteiger partial charge in [-0.05, 0) is 38.0 Å². The third kappa shape index (κ3) is 5.40. The van der Waals surface area contributed by atoms with Gasteiger partial charge in [-0.3, -0.25) is 5.10 Å². The Kier molecular flexibility index (Phi) is 7.84. The summed E-state index contributed by atoms with van der Waals surface area (Å²) >= 11 is 0. The summed E-state index contributed by atoms with van der Waals surface area (Å²) in [5, 5.41) is 11.4. The summed E-state index contributed by atoms with van der Waals surface area (Å²) in [7, 11) is 0. The summed E-state index contributed by atoms with van der Waals surface area (Å²) in [5.74, 6) is 1.08. The summed E-state index contributed by atoms with van der Waals surface area (Å²) < 4.78 is 41.4. The molecule has 0 spiro atoms. The Morgan fingerprint density at radius 2 is 1.63 bits per heavy atom. The van der Waals surface area contributed by atoms with Gasteiger partial charge in [0.2, 0.25) is 0 Å². The fourth-order valence-corrected chi connectivity index (χ4v) is 4.64. The van der Waals surface area contributed by atoms with Crippen molar-refractivity contribution in [3.05, 3.63) is 71.1 Å². The van der Waals surface area contributed by atoms with Gasteiger partial charge in [0.1, 0.15) is 5.82 Å². The van der Waals surface area contributed by atoms with Crippen molar-refractivity contribution in [2.75, 3.05) is 5.32 Å². The van der Waals surface area contributed by atoms with Crippen molar-refractivity contribution in [3.63, 3.8) is 0 Å². The smallest absolute Gasteiger partial charge is 0.417 e. The second kappa shape index (κ2) is 10.5. The molecular formula is C25H24AcF3N6-. The zero-order chi connectivity index (χ0) is 23.9. The summed E-state index contributed by atoms with van der Waals surface area (Å²) in [5.41, 5.74) is 9.56. The van der Waals surface area contributed by atoms with Gasteiger partial charge in [-0.2, -0.15) is 18.3 Å². The van der Waals surface area contributed by atoms with Gasteiger partial charge in [-0.25, -0.2) is 9.97 Å². The number of anilines is 2. The van der Waals surface area contributed by atoms with Crippen molar-refractivity contribution in [1.82, 2.24) is 20.2 Å². The van der Waals surface area contributed by atoms with E-state index in [0.29, 0.717) is 11.6 Å². The number of aromatic nitrogens is 4. The van der Waals surface area contributed by atoms with E-state index in [4.69, 9.17) is 5.73 Å². The molecule has 1 aliphatic rings. The second-order valence-electron chi connectivity index (χ2n) is 8.74. The van der Waals surface area contributed by atoms with E-state index < -0.39 is 11.7 Å². The van der Waals surface area contributed by atoms with Gasteiger partial charge in [0.15, 0.2) is 11.6 Å². The number of nitrogens with zero attached hydrogens (tertiary/aromatic N) is 3. The molecule has 5 rings (SSSR count). The van der Waals surface area contributed by atoms with Crippen molar-refractivity contribution in [1.29, 1.82) is 0 Å². The zero-order valence-corrected chi connectivity index (χ0v) is 23.9. The average Bonchev–Trinajstić information content (AvgIpc) is 3.23. The number of hydrogen-bond acceptors (Lipinski definition) is 4. The number of aromatic amines is 1. The number of benzene rings is 2. The minimum atomic E-state index is -4.53. The predicted molar refractivity (Wildman–Crippen MR) is 126 cm³/mol. The van der Waals surface area contributed by atoms with Crippen LogP contribution in [0.3, 0.4) is 0 Å². The minimum absolute atomic E-state index is 0. The van der Waals surface area contributed by atoms with E-state index in [1.54, 1.807) is 6.07 Å². The molecule has 1 aliphatic carbocycles. The van der Waals surface area contributed by atoms with Crippen LogP contribution < -0.4 is 5.32 Å². The van der Waals surface area contributed by atoms with Gasteiger partial charge < -0.3 is 11.1 Å². The van der Waals surface area contributed by atoms with Crippen LogP contribution in [0.2, 0.25) is 0 Å². The Morgan fingerprint density at radius 3 is 2.37 bits per heavy atom. The van der Waals surface area contributed by atoms with Crippen LogP contribution in [0.25, 0.3) is 28.0 Å². The first-order valence-corrected chi connectivity index (χ1v) is 11.3. The molecule has 0 amide bonds. The molecule has 10 heteroatoms. The molecule has 0 saturated heterocycles. The SMILES string of the molecule is Cc1c(Nc2n[nH]c3ccccc23)nc(-c2ccccc2C(F)(F)F)nc1C1CCC([NH-])CC1.[Ac]. The van der Waals surface area contributed by atoms with Gasteiger partial charge in [0, 0.05) is 66.5 Å². The van der Waals surface area contributed by atoms with Crippen molar-refractivity contribution in [2.45, 2.75) is 50.7 Å². The summed E-state index contributed by atoms with van der Waals surface area (Å²) in [4.78, 5) is 9.23. The fourth-order valence-electron chi connectivity index (χ4n) is 4.64. The number of alkyl halides is 3. The number of halogens is 3. The number of para-hydroxylation sites is 1. The second-order valence-corrected chi connectivity index (χ2v) is 8.74. The number of H-pyrrole nitrogens is 1. The molecule has 2 aromatic heterocycles. The van der Waals surface area contributed by atoms with E-state index in [0.717, 1.165) is 53.9 Å². The van der Waals surface area contributed by atoms with Gasteiger partial charge >= 0.3 is 6.18 Å². The average molecular weight is 693 g/mol. The van der Waals surface area contributed by atoms with E-state index in [2.05, 4.69) is 25.5 Å². The van der Waals surface area contributed by atoms with Crippen LogP contribution in [-0.2, 0) is 6.18 Å². The first-order valence-electron chi connectivity index (χ1n) is 11.3. The molecule has 4 aromatic rings. The quantitative estimate of drug-likeness (QED) is 0.238. The molecule has 1 radical (unpaired) electrons. The van der Waals surface area contributed by atoms with Crippen LogP contribution in [0.5, 0.6) is 0 Å². The number of rotatable bonds is 4. The van der Waals surface area contributed by atoms with Gasteiger partial charge in [-0.15, -0.1) is 6.04 Å². The van der Waals surface area contributed by atoms with Crippen LogP contribution in [0.1, 0.15) is 48.4 Å². The van der Waals surface area contributed by atoms with Gasteiger partial charge in [0.05, 0.1) is 16.8 Å². The maximum atomic E-state index is 13.8. The van der Waals surface area contributed by atoms with E-state index >= 15 is 0 Å². The van der Waals surface area contributed by atoms with Crippen molar-refractivity contribution < 1.29 is 57.2 Å². The molecule has 1 fully saturated rings. The Labute approximate surface area is 236 Å². The number of fused-ring (bicyclic) bond motifs is 1. The molecule has 35 heavy (non-hydrogen) atoms. The maximum Gasteiger partial charge on any atom is 0.417 e. The molecule has 1 saturated carbocycles. The molecule has 2 aromatic carbocycles. The van der Waals surface area contributed by atoms with Crippen molar-refractivity contribution >= 4 is 22.5 Å². The molecule has 0 unspecified atom stereocenters. The third-order valence-corrected chi connectivity index (χ3v) is 6.48. The Morgan fingerprint density at radius 1 is 0.943 bits per heavy atom. The van der Waals surface area contributed by atoms with Crippen LogP contribution >= 0.6 is 0 Å². The summed E-state index contributed by atoms with van der Waals surface area (Å²) in [6.07, 6.45) is -1.49. The Hall–Kier alpha value is -2.02. The molecule has 0 atom stereocenters. The standard InChI is InChI=1S/C25H24F3N6.Ac/c1-14-21(15-10-12-16(29)13-11-15)30-23(17-6-2-4-8-19(17)25(26,27)28)31-22(14)32-24-18-7-3-5-9-20(18)33-34-24;/h2-9,15-16,29H,10-13H2,1H3,(H2,30,31,32,33,34);/q-1;. The Balaban J connectivity index is 0.00000289. The number of nitrogens with one attached hydrogen (secondary N) is 3. The van der Waals surface area contributed by atoms with E-state index in [1.807, 2.05) is 31.2 Å². The normalized spacial score (nSPS) is 18.3. The van der Waals surface area contributed by atoms with Crippen molar-refractivity contribution in [3.8, 4) is 11.4 Å². The first-order chi connectivity index (χ1) is 16.3. The molecule has 6 nitrogen and oxygen atoms in total. The number of hydrogen-bond donors (Lipinski definition) is 2. The monoisotopic (exact) mass is 692 g/mol. The Bertz CT molecular complexity index is 1330. The summed E-state index contributed by atoms with van der Waals surface area (Å²) in [6, 6.07) is 12.9. The predicted octanol–water partition coefficient (Wildman–Crippen LogP) is 7.17. The molecular weight excluding hydrogens is 668 g/mol.